The molecule has 3 rings (SSSR count). The zero-order valence-corrected chi connectivity index (χ0v) is 11.6. The molecule has 0 radical (unpaired) electrons. The first kappa shape index (κ1) is 13.8. The summed E-state index contributed by atoms with van der Waals surface area (Å²) in [7, 11) is 0. The van der Waals surface area contributed by atoms with E-state index < -0.39 is 11.4 Å². The van der Waals surface area contributed by atoms with E-state index in [1.54, 1.807) is 0 Å². The first-order chi connectivity index (χ1) is 8.31. The van der Waals surface area contributed by atoms with Crippen molar-refractivity contribution in [1.29, 1.82) is 0 Å². The van der Waals surface area contributed by atoms with Gasteiger partial charge in [0.05, 0.1) is 25.2 Å². The number of hydrogen-bond acceptors (Lipinski definition) is 5. The van der Waals surface area contributed by atoms with Gasteiger partial charge in [-0.3, -0.25) is 4.79 Å². The lowest BCUT2D eigenvalue weighted by molar-refractivity contribution is -0.472. The van der Waals surface area contributed by atoms with Gasteiger partial charge in [0.1, 0.15) is 0 Å². The van der Waals surface area contributed by atoms with Crippen LogP contribution in [0.15, 0.2) is 0 Å². The average molecular weight is 258 g/mol. The third kappa shape index (κ3) is 2.53. The summed E-state index contributed by atoms with van der Waals surface area (Å²) in [6.07, 6.45) is 0.722. The number of carbonyl (C=O) groups excluding carboxylic acids is 1. The summed E-state index contributed by atoms with van der Waals surface area (Å²) >= 11 is 0. The van der Waals surface area contributed by atoms with E-state index in [0.29, 0.717) is 19.8 Å². The zero-order chi connectivity index (χ0) is 13.4. The SMILES string of the molecule is CCC(C)(C)C(=O)OCC12OCC(C)(CO1)CO2. The fourth-order valence-electron chi connectivity index (χ4n) is 1.72. The molecule has 3 fully saturated rings. The summed E-state index contributed by atoms with van der Waals surface area (Å²) in [5.41, 5.74) is -0.567. The summed E-state index contributed by atoms with van der Waals surface area (Å²) < 4.78 is 21.9. The van der Waals surface area contributed by atoms with Crippen molar-refractivity contribution in [2.24, 2.45) is 10.8 Å². The summed E-state index contributed by atoms with van der Waals surface area (Å²) in [6, 6.07) is 0. The molecule has 0 aromatic heterocycles. The van der Waals surface area contributed by atoms with Crippen molar-refractivity contribution >= 4 is 5.97 Å². The van der Waals surface area contributed by atoms with E-state index >= 15 is 0 Å². The molecular weight excluding hydrogens is 236 g/mol. The van der Waals surface area contributed by atoms with Crippen LogP contribution in [0.3, 0.4) is 0 Å². The van der Waals surface area contributed by atoms with E-state index in [-0.39, 0.29) is 18.0 Å². The number of ether oxygens (including phenoxy) is 4. The van der Waals surface area contributed by atoms with Crippen LogP contribution < -0.4 is 0 Å². The Morgan fingerprint density at radius 2 is 1.72 bits per heavy atom. The molecule has 0 unspecified atom stereocenters. The molecule has 3 saturated heterocycles. The van der Waals surface area contributed by atoms with Gasteiger partial charge < -0.3 is 18.9 Å². The minimum Gasteiger partial charge on any atom is -0.457 e. The molecule has 0 spiro atoms. The van der Waals surface area contributed by atoms with Crippen molar-refractivity contribution in [3.63, 3.8) is 0 Å². The Hall–Kier alpha value is -0.650. The molecule has 0 N–H and O–H groups in total. The van der Waals surface area contributed by atoms with Crippen molar-refractivity contribution in [1.82, 2.24) is 0 Å². The normalized spacial score (nSPS) is 35.6. The largest absolute Gasteiger partial charge is 0.457 e. The third-order valence-corrected chi connectivity index (χ3v) is 3.74. The quantitative estimate of drug-likeness (QED) is 0.718. The Morgan fingerprint density at radius 1 is 1.22 bits per heavy atom. The molecule has 3 heterocycles. The molecule has 0 amide bonds. The van der Waals surface area contributed by atoms with Crippen LogP contribution in [0, 0.1) is 10.8 Å². The third-order valence-electron chi connectivity index (χ3n) is 3.74. The topological polar surface area (TPSA) is 54.0 Å². The van der Waals surface area contributed by atoms with Crippen LogP contribution in [-0.2, 0) is 23.7 Å². The number of fused-ring (bicyclic) bond motifs is 3. The molecule has 5 nitrogen and oxygen atoms in total. The molecule has 5 heteroatoms. The Bertz CT molecular complexity index is 312. The standard InChI is InChI=1S/C13H22O5/c1-5-11(2,3)10(14)15-9-13-16-6-12(4,7-17-13)8-18-13/h5-9H2,1-4H3. The Labute approximate surface area is 108 Å². The first-order valence-corrected chi connectivity index (χ1v) is 6.40. The fourth-order valence-corrected chi connectivity index (χ4v) is 1.72. The fraction of sp³-hybridized carbons (Fsp3) is 0.923. The molecule has 0 atom stereocenters. The van der Waals surface area contributed by atoms with Crippen LogP contribution in [0.2, 0.25) is 0 Å². The highest BCUT2D eigenvalue weighted by atomic mass is 16.9. The maximum atomic E-state index is 11.9. The average Bonchev–Trinajstić information content (AvgIpc) is 2.38. The van der Waals surface area contributed by atoms with E-state index in [1.165, 1.54) is 0 Å². The Kier molecular flexibility index (Phi) is 3.42. The summed E-state index contributed by atoms with van der Waals surface area (Å²) in [5, 5.41) is 0. The first-order valence-electron chi connectivity index (χ1n) is 6.40. The van der Waals surface area contributed by atoms with E-state index in [4.69, 9.17) is 18.9 Å². The van der Waals surface area contributed by atoms with Gasteiger partial charge in [-0.2, -0.15) is 0 Å². The van der Waals surface area contributed by atoms with Gasteiger partial charge in [-0.15, -0.1) is 0 Å². The molecule has 18 heavy (non-hydrogen) atoms. The molecule has 0 aromatic carbocycles. The molecule has 2 bridgehead atoms. The Balaban J connectivity index is 1.89. The summed E-state index contributed by atoms with van der Waals surface area (Å²) in [5.74, 6) is -1.44. The van der Waals surface area contributed by atoms with E-state index in [0.717, 1.165) is 6.42 Å². The molecule has 3 aliphatic heterocycles. The summed E-state index contributed by atoms with van der Waals surface area (Å²) in [6.45, 7) is 9.41. The lowest BCUT2D eigenvalue weighted by atomic mass is 9.90. The minimum atomic E-state index is -1.18. The van der Waals surface area contributed by atoms with Crippen LogP contribution in [-0.4, -0.2) is 38.4 Å². The van der Waals surface area contributed by atoms with Gasteiger partial charge in [0, 0.05) is 5.41 Å². The van der Waals surface area contributed by atoms with Gasteiger partial charge in [0.2, 0.25) is 0 Å². The predicted molar refractivity (Wildman–Crippen MR) is 63.7 cm³/mol. The van der Waals surface area contributed by atoms with Gasteiger partial charge in [-0.1, -0.05) is 13.8 Å². The number of hydrogen-bond donors (Lipinski definition) is 0. The Morgan fingerprint density at radius 3 is 2.17 bits per heavy atom. The van der Waals surface area contributed by atoms with Crippen molar-refractivity contribution in [3.8, 4) is 0 Å². The maximum absolute atomic E-state index is 11.9. The molecular formula is C13H22O5. The molecule has 0 aliphatic carbocycles. The second-order valence-electron chi connectivity index (χ2n) is 6.17. The molecule has 3 aliphatic rings. The second-order valence-corrected chi connectivity index (χ2v) is 6.17. The van der Waals surface area contributed by atoms with Gasteiger partial charge >= 0.3 is 11.9 Å². The highest BCUT2D eigenvalue weighted by molar-refractivity contribution is 5.75. The number of rotatable bonds is 4. The number of esters is 1. The van der Waals surface area contributed by atoms with Crippen molar-refractivity contribution < 1.29 is 23.7 Å². The van der Waals surface area contributed by atoms with Gasteiger partial charge in [0.15, 0.2) is 6.61 Å². The minimum absolute atomic E-state index is 0.00859. The van der Waals surface area contributed by atoms with E-state index in [1.807, 2.05) is 27.7 Å². The molecule has 104 valence electrons. The smallest absolute Gasteiger partial charge is 0.319 e. The van der Waals surface area contributed by atoms with Crippen molar-refractivity contribution in [3.05, 3.63) is 0 Å². The van der Waals surface area contributed by atoms with Crippen LogP contribution in [0.5, 0.6) is 0 Å². The van der Waals surface area contributed by atoms with Gasteiger partial charge in [-0.05, 0) is 20.3 Å². The van der Waals surface area contributed by atoms with Crippen molar-refractivity contribution in [2.75, 3.05) is 26.4 Å². The highest BCUT2D eigenvalue weighted by Crippen LogP contribution is 2.38. The van der Waals surface area contributed by atoms with E-state index in [2.05, 4.69) is 0 Å². The van der Waals surface area contributed by atoms with Crippen LogP contribution >= 0.6 is 0 Å². The number of carbonyl (C=O) groups is 1. The zero-order valence-electron chi connectivity index (χ0n) is 11.6. The van der Waals surface area contributed by atoms with Crippen LogP contribution in [0.1, 0.15) is 34.1 Å². The van der Waals surface area contributed by atoms with Gasteiger partial charge in [-0.25, -0.2) is 0 Å². The lowest BCUT2D eigenvalue weighted by Crippen LogP contribution is -2.61. The molecule has 0 aromatic rings. The second kappa shape index (κ2) is 4.47. The molecule has 0 saturated carbocycles. The van der Waals surface area contributed by atoms with E-state index in [9.17, 15) is 4.79 Å². The van der Waals surface area contributed by atoms with Crippen LogP contribution in [0.25, 0.3) is 0 Å². The van der Waals surface area contributed by atoms with Crippen LogP contribution in [0.4, 0.5) is 0 Å². The van der Waals surface area contributed by atoms with Crippen molar-refractivity contribution in [2.45, 2.75) is 40.1 Å². The summed E-state index contributed by atoms with van der Waals surface area (Å²) in [4.78, 5) is 11.9. The highest BCUT2D eigenvalue weighted by Gasteiger charge is 2.51. The maximum Gasteiger partial charge on any atom is 0.319 e. The van der Waals surface area contributed by atoms with Gasteiger partial charge in [0.25, 0.3) is 0 Å². The monoisotopic (exact) mass is 258 g/mol. The lowest BCUT2D eigenvalue weighted by Gasteiger charge is -2.49. The predicted octanol–water partition coefficient (Wildman–Crippen LogP) is 1.70.